The minimum Gasteiger partial charge on any atom is -0.487 e. The molecule has 1 N–H and O–H groups in total. The van der Waals surface area contributed by atoms with Crippen LogP contribution in [0.25, 0.3) is 0 Å². The molecule has 1 atom stereocenters. The number of benzene rings is 2. The van der Waals surface area contributed by atoms with Crippen LogP contribution in [0.1, 0.15) is 44.7 Å². The zero-order valence-corrected chi connectivity index (χ0v) is 15.6. The minimum absolute atomic E-state index is 0.00808. The monoisotopic (exact) mass is 355 g/mol. The highest BCUT2D eigenvalue weighted by Crippen LogP contribution is 2.42. The van der Waals surface area contributed by atoms with E-state index in [9.17, 15) is 4.79 Å². The van der Waals surface area contributed by atoms with E-state index < -0.39 is 0 Å². The van der Waals surface area contributed by atoms with Crippen LogP contribution in [0.2, 0.25) is 0 Å². The first-order chi connectivity index (χ1) is 12.2. The molecule has 3 nitrogen and oxygen atoms in total. The SMILES string of the molecule is CCC1(CC)C[C@@H](NC(=O)CSc2ccccc2)c2ccccc2O1. The maximum Gasteiger partial charge on any atom is 0.230 e. The second-order valence-electron chi connectivity index (χ2n) is 6.46. The van der Waals surface area contributed by atoms with Crippen molar-refractivity contribution < 1.29 is 9.53 Å². The molecule has 0 saturated heterocycles. The molecule has 3 rings (SSSR count). The van der Waals surface area contributed by atoms with Gasteiger partial charge in [0.2, 0.25) is 5.91 Å². The van der Waals surface area contributed by atoms with Crippen molar-refractivity contribution in [2.45, 2.75) is 49.6 Å². The molecule has 0 aliphatic carbocycles. The average molecular weight is 356 g/mol. The summed E-state index contributed by atoms with van der Waals surface area (Å²) >= 11 is 1.57. The quantitative estimate of drug-likeness (QED) is 0.743. The Kier molecular flexibility index (Phi) is 5.69. The van der Waals surface area contributed by atoms with Crippen molar-refractivity contribution in [2.24, 2.45) is 0 Å². The molecule has 0 bridgehead atoms. The lowest BCUT2D eigenvalue weighted by atomic mass is 9.83. The van der Waals surface area contributed by atoms with Crippen molar-refractivity contribution >= 4 is 17.7 Å². The number of carbonyl (C=O) groups excluding carboxylic acids is 1. The number of thioether (sulfide) groups is 1. The van der Waals surface area contributed by atoms with Crippen LogP contribution in [0, 0.1) is 0 Å². The number of ether oxygens (including phenoxy) is 1. The van der Waals surface area contributed by atoms with Gasteiger partial charge in [0.1, 0.15) is 11.4 Å². The van der Waals surface area contributed by atoms with E-state index in [1.165, 1.54) is 0 Å². The van der Waals surface area contributed by atoms with Gasteiger partial charge in [-0.3, -0.25) is 4.79 Å². The number of rotatable bonds is 6. The molecule has 1 aliphatic rings. The molecule has 0 saturated carbocycles. The summed E-state index contributed by atoms with van der Waals surface area (Å²) in [4.78, 5) is 13.6. The average Bonchev–Trinajstić information content (AvgIpc) is 2.67. The van der Waals surface area contributed by atoms with Gasteiger partial charge >= 0.3 is 0 Å². The van der Waals surface area contributed by atoms with E-state index in [4.69, 9.17) is 4.74 Å². The number of fused-ring (bicyclic) bond motifs is 1. The third-order valence-corrected chi connectivity index (χ3v) is 5.95. The summed E-state index contributed by atoms with van der Waals surface area (Å²) in [6, 6.07) is 18.1. The highest BCUT2D eigenvalue weighted by molar-refractivity contribution is 8.00. The number of hydrogen-bond donors (Lipinski definition) is 1. The van der Waals surface area contributed by atoms with E-state index in [0.29, 0.717) is 5.75 Å². The highest BCUT2D eigenvalue weighted by atomic mass is 32.2. The first-order valence-corrected chi connectivity index (χ1v) is 9.89. The van der Waals surface area contributed by atoms with Gasteiger partial charge in [0.25, 0.3) is 0 Å². The first kappa shape index (κ1) is 17.9. The van der Waals surface area contributed by atoms with Crippen LogP contribution in [-0.4, -0.2) is 17.3 Å². The third-order valence-electron chi connectivity index (χ3n) is 4.93. The standard InChI is InChI=1S/C21H25NO2S/c1-3-21(4-2)14-18(17-12-8-9-13-19(17)24-21)22-20(23)15-25-16-10-6-5-7-11-16/h5-13,18H,3-4,14-15H2,1-2H3,(H,22,23)/t18-/m1/s1. The molecule has 1 heterocycles. The molecule has 1 aliphatic heterocycles. The van der Waals surface area contributed by atoms with Crippen molar-refractivity contribution in [3.8, 4) is 5.75 Å². The van der Waals surface area contributed by atoms with Crippen molar-refractivity contribution in [3.63, 3.8) is 0 Å². The summed E-state index contributed by atoms with van der Waals surface area (Å²) in [6.07, 6.45) is 2.69. The number of hydrogen-bond acceptors (Lipinski definition) is 3. The van der Waals surface area contributed by atoms with E-state index in [1.54, 1.807) is 11.8 Å². The molecular weight excluding hydrogens is 330 g/mol. The Morgan fingerprint density at radius 2 is 1.80 bits per heavy atom. The number of nitrogens with one attached hydrogen (secondary N) is 1. The molecule has 2 aromatic carbocycles. The van der Waals surface area contributed by atoms with Crippen molar-refractivity contribution in [1.82, 2.24) is 5.32 Å². The molecule has 0 radical (unpaired) electrons. The Morgan fingerprint density at radius 1 is 1.12 bits per heavy atom. The lowest BCUT2D eigenvalue weighted by Crippen LogP contribution is -2.44. The van der Waals surface area contributed by atoms with Crippen LogP contribution < -0.4 is 10.1 Å². The second kappa shape index (κ2) is 7.96. The van der Waals surface area contributed by atoms with Crippen LogP contribution in [0.3, 0.4) is 0 Å². The van der Waals surface area contributed by atoms with Gasteiger partial charge in [-0.15, -0.1) is 11.8 Å². The molecule has 2 aromatic rings. The van der Waals surface area contributed by atoms with Crippen molar-refractivity contribution in [3.05, 3.63) is 60.2 Å². The highest BCUT2D eigenvalue weighted by Gasteiger charge is 2.38. The number of para-hydroxylation sites is 1. The minimum atomic E-state index is -0.196. The predicted molar refractivity (Wildman–Crippen MR) is 103 cm³/mol. The summed E-state index contributed by atoms with van der Waals surface area (Å²) in [7, 11) is 0. The molecule has 1 amide bonds. The number of amides is 1. The van der Waals surface area contributed by atoms with Gasteiger partial charge in [-0.05, 0) is 31.0 Å². The van der Waals surface area contributed by atoms with Gasteiger partial charge in [-0.1, -0.05) is 50.2 Å². The lowest BCUT2D eigenvalue weighted by molar-refractivity contribution is -0.120. The fourth-order valence-electron chi connectivity index (χ4n) is 3.33. The Bertz CT molecular complexity index is 713. The van der Waals surface area contributed by atoms with Crippen LogP contribution in [0.15, 0.2) is 59.5 Å². The Labute approximate surface area is 154 Å². The van der Waals surface area contributed by atoms with Gasteiger partial charge in [0.15, 0.2) is 0 Å². The predicted octanol–water partition coefficient (Wildman–Crippen LogP) is 4.98. The molecule has 0 unspecified atom stereocenters. The lowest BCUT2D eigenvalue weighted by Gasteiger charge is -2.41. The maximum absolute atomic E-state index is 12.5. The van der Waals surface area contributed by atoms with Gasteiger partial charge < -0.3 is 10.1 Å². The van der Waals surface area contributed by atoms with Gasteiger partial charge in [-0.25, -0.2) is 0 Å². The topological polar surface area (TPSA) is 38.3 Å². The largest absolute Gasteiger partial charge is 0.487 e. The summed E-state index contributed by atoms with van der Waals surface area (Å²) < 4.78 is 6.30. The normalized spacial score (nSPS) is 18.1. The van der Waals surface area contributed by atoms with Gasteiger partial charge in [-0.2, -0.15) is 0 Å². The van der Waals surface area contributed by atoms with Crippen LogP contribution in [0.4, 0.5) is 0 Å². The molecule has 25 heavy (non-hydrogen) atoms. The van der Waals surface area contributed by atoms with Crippen LogP contribution in [0.5, 0.6) is 5.75 Å². The van der Waals surface area contributed by atoms with Crippen LogP contribution >= 0.6 is 11.8 Å². The van der Waals surface area contributed by atoms with E-state index in [-0.39, 0.29) is 17.6 Å². The Morgan fingerprint density at radius 3 is 2.52 bits per heavy atom. The Hall–Kier alpha value is -1.94. The zero-order valence-electron chi connectivity index (χ0n) is 14.8. The molecule has 0 aromatic heterocycles. The van der Waals surface area contributed by atoms with E-state index in [0.717, 1.165) is 35.5 Å². The summed E-state index contributed by atoms with van der Waals surface area (Å²) in [6.45, 7) is 4.31. The first-order valence-electron chi connectivity index (χ1n) is 8.91. The molecule has 132 valence electrons. The zero-order chi connectivity index (χ0) is 17.7. The summed E-state index contributed by atoms with van der Waals surface area (Å²) in [5, 5.41) is 3.23. The maximum atomic E-state index is 12.5. The van der Waals surface area contributed by atoms with Crippen molar-refractivity contribution in [1.29, 1.82) is 0 Å². The Balaban J connectivity index is 1.70. The van der Waals surface area contributed by atoms with Gasteiger partial charge in [0, 0.05) is 16.9 Å². The summed E-state index contributed by atoms with van der Waals surface area (Å²) in [5.41, 5.74) is 0.886. The summed E-state index contributed by atoms with van der Waals surface area (Å²) in [5.74, 6) is 1.39. The fourth-order valence-corrected chi connectivity index (χ4v) is 4.06. The molecule has 0 spiro atoms. The van der Waals surface area contributed by atoms with Gasteiger partial charge in [0.05, 0.1) is 11.8 Å². The van der Waals surface area contributed by atoms with Crippen molar-refractivity contribution in [2.75, 3.05) is 5.75 Å². The van der Waals surface area contributed by atoms with E-state index >= 15 is 0 Å². The fraction of sp³-hybridized carbons (Fsp3) is 0.381. The molecular formula is C21H25NO2S. The molecule has 4 heteroatoms. The molecule has 0 fully saturated rings. The number of carbonyl (C=O) groups is 1. The smallest absolute Gasteiger partial charge is 0.230 e. The third kappa shape index (κ3) is 4.18. The van der Waals surface area contributed by atoms with E-state index in [2.05, 4.69) is 25.2 Å². The van der Waals surface area contributed by atoms with E-state index in [1.807, 2.05) is 48.5 Å². The van der Waals surface area contributed by atoms with Crippen LogP contribution in [-0.2, 0) is 4.79 Å². The second-order valence-corrected chi connectivity index (χ2v) is 7.50.